The fourth-order valence-corrected chi connectivity index (χ4v) is 4.12. The number of amides is 1. The van der Waals surface area contributed by atoms with E-state index in [4.69, 9.17) is 0 Å². The molecule has 130 valence electrons. The second kappa shape index (κ2) is 7.29. The lowest BCUT2D eigenvalue weighted by Crippen LogP contribution is -2.29. The summed E-state index contributed by atoms with van der Waals surface area (Å²) in [6.45, 7) is 6.61. The summed E-state index contributed by atoms with van der Waals surface area (Å²) >= 11 is 1.38. The number of thiazole rings is 1. The van der Waals surface area contributed by atoms with Crippen LogP contribution in [0.5, 0.6) is 0 Å². The van der Waals surface area contributed by atoms with Gasteiger partial charge in [0.1, 0.15) is 11.2 Å². The quantitative estimate of drug-likeness (QED) is 0.838. The van der Waals surface area contributed by atoms with Crippen molar-refractivity contribution in [2.45, 2.75) is 58.5 Å². The average Bonchev–Trinajstić information content (AvgIpc) is 3.27. The molecular formula is C16H24N6OS. The Morgan fingerprint density at radius 1 is 1.46 bits per heavy atom. The van der Waals surface area contributed by atoms with E-state index in [0.717, 1.165) is 36.0 Å². The van der Waals surface area contributed by atoms with Crippen molar-refractivity contribution in [3.8, 4) is 0 Å². The lowest BCUT2D eigenvalue weighted by atomic mass is 10.2. The number of hydrogen-bond acceptors (Lipinski definition) is 6. The first kappa shape index (κ1) is 16.9. The van der Waals surface area contributed by atoms with E-state index in [1.54, 1.807) is 6.33 Å². The third-order valence-electron chi connectivity index (χ3n) is 4.38. The first-order chi connectivity index (χ1) is 11.6. The molecule has 0 aromatic carbocycles. The topological polar surface area (TPSA) is 84.7 Å². The van der Waals surface area contributed by atoms with E-state index in [1.165, 1.54) is 24.2 Å². The number of hydrogen-bond donors (Lipinski definition) is 2. The number of nitrogens with zero attached hydrogens (tertiary/aromatic N) is 4. The third-order valence-corrected chi connectivity index (χ3v) is 5.50. The lowest BCUT2D eigenvalue weighted by Gasteiger charge is -2.18. The van der Waals surface area contributed by atoms with Crippen LogP contribution in [0.4, 0.5) is 5.13 Å². The van der Waals surface area contributed by atoms with E-state index >= 15 is 0 Å². The van der Waals surface area contributed by atoms with Crippen LogP contribution in [0.25, 0.3) is 0 Å². The standard InChI is InChI=1S/C16H24N6OS/c1-4-17-16-20-10(2)13(24-16)15(23)19-11(3)14-21-18-9-22(14)12-7-5-6-8-12/h9,11-12H,4-8H2,1-3H3,(H,17,20)(H,19,23)/t11-/m1/s1. The van der Waals surface area contributed by atoms with Gasteiger partial charge in [-0.3, -0.25) is 4.79 Å². The van der Waals surface area contributed by atoms with Crippen molar-refractivity contribution >= 4 is 22.4 Å². The summed E-state index contributed by atoms with van der Waals surface area (Å²) in [5, 5.41) is 15.3. The minimum Gasteiger partial charge on any atom is -0.362 e. The second-order valence-corrected chi connectivity index (χ2v) is 7.19. The molecule has 1 fully saturated rings. The van der Waals surface area contributed by atoms with E-state index < -0.39 is 0 Å². The van der Waals surface area contributed by atoms with Crippen LogP contribution in [0.1, 0.15) is 72.8 Å². The van der Waals surface area contributed by atoms with Crippen molar-refractivity contribution in [2.75, 3.05) is 11.9 Å². The Labute approximate surface area is 145 Å². The van der Waals surface area contributed by atoms with E-state index in [9.17, 15) is 4.79 Å². The Kier molecular flexibility index (Phi) is 5.13. The van der Waals surface area contributed by atoms with Crippen LogP contribution in [0.2, 0.25) is 0 Å². The van der Waals surface area contributed by atoms with Crippen LogP contribution >= 0.6 is 11.3 Å². The molecule has 1 atom stereocenters. The zero-order chi connectivity index (χ0) is 17.1. The van der Waals surface area contributed by atoms with Crippen molar-refractivity contribution in [1.29, 1.82) is 0 Å². The van der Waals surface area contributed by atoms with Crippen molar-refractivity contribution in [2.24, 2.45) is 0 Å². The fourth-order valence-electron chi connectivity index (χ4n) is 3.19. The van der Waals surface area contributed by atoms with E-state index in [-0.39, 0.29) is 11.9 Å². The average molecular weight is 348 g/mol. The molecule has 0 unspecified atom stereocenters. The molecule has 0 spiro atoms. The van der Waals surface area contributed by atoms with Crippen molar-refractivity contribution in [3.63, 3.8) is 0 Å². The summed E-state index contributed by atoms with van der Waals surface area (Å²) < 4.78 is 2.13. The zero-order valence-corrected chi connectivity index (χ0v) is 15.2. The van der Waals surface area contributed by atoms with Crippen molar-refractivity contribution in [1.82, 2.24) is 25.1 Å². The van der Waals surface area contributed by atoms with Gasteiger partial charge in [-0.05, 0) is 33.6 Å². The van der Waals surface area contributed by atoms with Crippen LogP contribution in [-0.2, 0) is 0 Å². The van der Waals surface area contributed by atoms with Gasteiger partial charge < -0.3 is 15.2 Å². The first-order valence-corrected chi connectivity index (χ1v) is 9.33. The molecule has 24 heavy (non-hydrogen) atoms. The molecule has 7 nitrogen and oxygen atoms in total. The maximum Gasteiger partial charge on any atom is 0.263 e. The SMILES string of the molecule is CCNc1nc(C)c(C(=O)N[C@H](C)c2nncn2C2CCCC2)s1. The molecule has 1 aliphatic carbocycles. The molecule has 1 aliphatic rings. The largest absolute Gasteiger partial charge is 0.362 e. The van der Waals surface area contributed by atoms with E-state index in [2.05, 4.69) is 30.4 Å². The van der Waals surface area contributed by atoms with Gasteiger partial charge in [0, 0.05) is 12.6 Å². The molecule has 0 radical (unpaired) electrons. The van der Waals surface area contributed by atoms with Crippen molar-refractivity contribution < 1.29 is 4.79 Å². The predicted octanol–water partition coefficient (Wildman–Crippen LogP) is 3.08. The van der Waals surface area contributed by atoms with Crippen LogP contribution in [0.15, 0.2) is 6.33 Å². The summed E-state index contributed by atoms with van der Waals surface area (Å²) in [4.78, 5) is 17.6. The highest BCUT2D eigenvalue weighted by Gasteiger charge is 2.24. The molecule has 0 bridgehead atoms. The Bertz CT molecular complexity index is 703. The Morgan fingerprint density at radius 2 is 2.21 bits per heavy atom. The lowest BCUT2D eigenvalue weighted by molar-refractivity contribution is 0.0940. The molecule has 2 heterocycles. The molecule has 2 aromatic rings. The summed E-state index contributed by atoms with van der Waals surface area (Å²) in [5.74, 6) is 0.715. The summed E-state index contributed by atoms with van der Waals surface area (Å²) in [6.07, 6.45) is 6.60. The normalized spacial score (nSPS) is 16.3. The van der Waals surface area contributed by atoms with Crippen LogP contribution < -0.4 is 10.6 Å². The molecule has 3 rings (SSSR count). The van der Waals surface area contributed by atoms with Gasteiger partial charge in [-0.15, -0.1) is 10.2 Å². The highest BCUT2D eigenvalue weighted by Crippen LogP contribution is 2.31. The first-order valence-electron chi connectivity index (χ1n) is 8.51. The number of aromatic nitrogens is 4. The number of carbonyl (C=O) groups is 1. The number of carbonyl (C=O) groups excluding carboxylic acids is 1. The summed E-state index contributed by atoms with van der Waals surface area (Å²) in [5.41, 5.74) is 0.748. The number of rotatable bonds is 6. The van der Waals surface area contributed by atoms with Crippen molar-refractivity contribution in [3.05, 3.63) is 22.7 Å². The molecule has 2 aromatic heterocycles. The van der Waals surface area contributed by atoms with Gasteiger partial charge >= 0.3 is 0 Å². The van der Waals surface area contributed by atoms with Crippen LogP contribution in [0.3, 0.4) is 0 Å². The third kappa shape index (κ3) is 3.43. The zero-order valence-electron chi connectivity index (χ0n) is 14.4. The number of nitrogens with one attached hydrogen (secondary N) is 2. The molecule has 2 N–H and O–H groups in total. The second-order valence-electron chi connectivity index (χ2n) is 6.19. The molecule has 0 saturated heterocycles. The van der Waals surface area contributed by atoms with E-state index in [1.807, 2.05) is 20.8 Å². The van der Waals surface area contributed by atoms with Gasteiger partial charge in [-0.1, -0.05) is 24.2 Å². The van der Waals surface area contributed by atoms with Crippen LogP contribution in [-0.4, -0.2) is 32.2 Å². The predicted molar refractivity (Wildman–Crippen MR) is 94.4 cm³/mol. The highest BCUT2D eigenvalue weighted by molar-refractivity contribution is 7.17. The minimum atomic E-state index is -0.190. The van der Waals surface area contributed by atoms with Gasteiger partial charge in [0.15, 0.2) is 11.0 Å². The molecular weight excluding hydrogens is 324 g/mol. The Balaban J connectivity index is 1.71. The van der Waals surface area contributed by atoms with Gasteiger partial charge in [-0.25, -0.2) is 4.98 Å². The highest BCUT2D eigenvalue weighted by atomic mass is 32.1. The Morgan fingerprint density at radius 3 is 2.92 bits per heavy atom. The van der Waals surface area contributed by atoms with Gasteiger partial charge in [0.2, 0.25) is 0 Å². The van der Waals surface area contributed by atoms with Gasteiger partial charge in [0.05, 0.1) is 11.7 Å². The molecule has 1 amide bonds. The molecule has 0 aliphatic heterocycles. The van der Waals surface area contributed by atoms with Gasteiger partial charge in [-0.2, -0.15) is 0 Å². The smallest absolute Gasteiger partial charge is 0.263 e. The number of aryl methyl sites for hydroxylation is 1. The van der Waals surface area contributed by atoms with E-state index in [0.29, 0.717) is 10.9 Å². The summed E-state index contributed by atoms with van der Waals surface area (Å²) in [7, 11) is 0. The monoisotopic (exact) mass is 348 g/mol. The maximum atomic E-state index is 12.6. The maximum absolute atomic E-state index is 12.6. The molecule has 1 saturated carbocycles. The summed E-state index contributed by atoms with van der Waals surface area (Å²) in [6, 6.07) is 0.268. The fraction of sp³-hybridized carbons (Fsp3) is 0.625. The minimum absolute atomic E-state index is 0.109. The number of anilines is 1. The molecule has 8 heteroatoms. The van der Waals surface area contributed by atoms with Gasteiger partial charge in [0.25, 0.3) is 5.91 Å². The Hall–Kier alpha value is -1.96. The van der Waals surface area contributed by atoms with Crippen LogP contribution in [0, 0.1) is 6.92 Å².